The highest BCUT2D eigenvalue weighted by molar-refractivity contribution is 8.01. The maximum Gasteiger partial charge on any atom is 0.247 e. The Bertz CT molecular complexity index is 934. The molecule has 0 bridgehead atoms. The van der Waals surface area contributed by atoms with Gasteiger partial charge in [-0.25, -0.2) is 13.1 Å². The number of hydrogen-bond acceptors (Lipinski definition) is 5. The van der Waals surface area contributed by atoms with Crippen molar-refractivity contribution in [2.75, 3.05) is 18.4 Å². The van der Waals surface area contributed by atoms with E-state index in [-0.39, 0.29) is 22.8 Å². The summed E-state index contributed by atoms with van der Waals surface area (Å²) < 4.78 is 28.6. The van der Waals surface area contributed by atoms with Crippen LogP contribution in [0.5, 0.6) is 0 Å². The number of sulfonamides is 1. The van der Waals surface area contributed by atoms with Gasteiger partial charge in [0.1, 0.15) is 0 Å². The van der Waals surface area contributed by atoms with Gasteiger partial charge in [-0.15, -0.1) is 11.8 Å². The summed E-state index contributed by atoms with van der Waals surface area (Å²) in [5, 5.41) is 1.94. The van der Waals surface area contributed by atoms with Crippen LogP contribution in [0.2, 0.25) is 0 Å². The molecule has 7 nitrogen and oxygen atoms in total. The van der Waals surface area contributed by atoms with Crippen LogP contribution in [0.1, 0.15) is 58.3 Å². The second-order valence-electron chi connectivity index (χ2n) is 8.96. The van der Waals surface area contributed by atoms with E-state index >= 15 is 0 Å². The summed E-state index contributed by atoms with van der Waals surface area (Å²) in [6.45, 7) is 3.58. The van der Waals surface area contributed by atoms with E-state index in [1.54, 1.807) is 17.0 Å². The molecule has 31 heavy (non-hydrogen) atoms. The van der Waals surface area contributed by atoms with E-state index in [0.717, 1.165) is 56.3 Å². The summed E-state index contributed by atoms with van der Waals surface area (Å²) >= 11 is 1.21. The zero-order valence-corrected chi connectivity index (χ0v) is 19.6. The van der Waals surface area contributed by atoms with E-state index in [1.807, 2.05) is 0 Å². The van der Waals surface area contributed by atoms with Crippen molar-refractivity contribution in [1.29, 1.82) is 0 Å². The lowest BCUT2D eigenvalue weighted by Crippen LogP contribution is -2.45. The highest BCUT2D eigenvalue weighted by Gasteiger charge is 2.36. The van der Waals surface area contributed by atoms with Gasteiger partial charge in [0.2, 0.25) is 21.8 Å². The van der Waals surface area contributed by atoms with Crippen LogP contribution in [0.25, 0.3) is 0 Å². The van der Waals surface area contributed by atoms with E-state index in [0.29, 0.717) is 24.7 Å². The molecule has 1 saturated carbocycles. The third-order valence-corrected chi connectivity index (χ3v) is 9.26. The Morgan fingerprint density at radius 3 is 2.45 bits per heavy atom. The van der Waals surface area contributed by atoms with Crippen LogP contribution >= 0.6 is 11.8 Å². The molecule has 1 saturated heterocycles. The minimum absolute atomic E-state index is 0.0446. The Labute approximate surface area is 188 Å². The molecule has 1 aromatic rings. The number of thioether (sulfide) groups is 1. The summed E-state index contributed by atoms with van der Waals surface area (Å²) in [6.07, 6.45) is 7.90. The van der Waals surface area contributed by atoms with Gasteiger partial charge in [-0.2, -0.15) is 0 Å². The summed E-state index contributed by atoms with van der Waals surface area (Å²) in [5.41, 5.74) is 0.454. The molecule has 2 aliphatic heterocycles. The zero-order valence-electron chi connectivity index (χ0n) is 17.9. The van der Waals surface area contributed by atoms with Crippen molar-refractivity contribution < 1.29 is 18.0 Å². The molecule has 0 unspecified atom stereocenters. The van der Waals surface area contributed by atoms with E-state index < -0.39 is 15.3 Å². The van der Waals surface area contributed by atoms with E-state index in [4.69, 9.17) is 0 Å². The van der Waals surface area contributed by atoms with E-state index in [1.165, 1.54) is 17.8 Å². The van der Waals surface area contributed by atoms with Gasteiger partial charge in [0.05, 0.1) is 10.6 Å². The van der Waals surface area contributed by atoms with Gasteiger partial charge in [0.15, 0.2) is 5.25 Å². The van der Waals surface area contributed by atoms with Crippen LogP contribution in [-0.4, -0.2) is 49.5 Å². The molecular weight excluding hydrogens is 434 g/mol. The number of benzene rings is 1. The minimum atomic E-state index is -3.67. The molecule has 170 valence electrons. The van der Waals surface area contributed by atoms with Gasteiger partial charge >= 0.3 is 0 Å². The van der Waals surface area contributed by atoms with Crippen LogP contribution in [0.15, 0.2) is 28.0 Å². The fourth-order valence-electron chi connectivity index (χ4n) is 4.54. The van der Waals surface area contributed by atoms with Gasteiger partial charge < -0.3 is 10.2 Å². The van der Waals surface area contributed by atoms with Gasteiger partial charge in [0.25, 0.3) is 0 Å². The standard InChI is InChI=1S/C22H31N3O4S2/c1-15-6-8-16(9-7-15)24-31(28,29)17-10-11-19-18(14-17)23-21(26)20(30-19)22(27)25-12-4-2-3-5-13-25/h10-11,14-16,20,24H,2-9,12-13H2,1H3,(H,23,26)/t15?,16?,20-/m1/s1. The second kappa shape index (κ2) is 9.50. The van der Waals surface area contributed by atoms with Gasteiger partial charge in [-0.3, -0.25) is 9.59 Å². The van der Waals surface area contributed by atoms with Crippen LogP contribution in [0.4, 0.5) is 5.69 Å². The zero-order chi connectivity index (χ0) is 22.0. The van der Waals surface area contributed by atoms with Gasteiger partial charge in [-0.05, 0) is 62.6 Å². The number of nitrogens with one attached hydrogen (secondary N) is 2. The lowest BCUT2D eigenvalue weighted by molar-refractivity contribution is -0.133. The molecule has 4 rings (SSSR count). The Kier molecular flexibility index (Phi) is 6.93. The summed E-state index contributed by atoms with van der Waals surface area (Å²) in [4.78, 5) is 28.3. The van der Waals surface area contributed by atoms with Crippen molar-refractivity contribution in [2.45, 2.75) is 79.4 Å². The van der Waals surface area contributed by atoms with Crippen molar-refractivity contribution in [2.24, 2.45) is 5.92 Å². The Morgan fingerprint density at radius 1 is 1.10 bits per heavy atom. The lowest BCUT2D eigenvalue weighted by atomic mass is 9.88. The molecule has 0 spiro atoms. The van der Waals surface area contributed by atoms with Crippen LogP contribution in [-0.2, 0) is 19.6 Å². The van der Waals surface area contributed by atoms with Gasteiger partial charge in [0, 0.05) is 24.0 Å². The minimum Gasteiger partial charge on any atom is -0.341 e. The van der Waals surface area contributed by atoms with Crippen LogP contribution in [0.3, 0.4) is 0 Å². The number of nitrogens with zero attached hydrogens (tertiary/aromatic N) is 1. The first-order chi connectivity index (χ1) is 14.8. The number of hydrogen-bond donors (Lipinski definition) is 2. The van der Waals surface area contributed by atoms with Crippen LogP contribution in [0, 0.1) is 5.92 Å². The van der Waals surface area contributed by atoms with Crippen molar-refractivity contribution in [3.63, 3.8) is 0 Å². The number of anilines is 1. The maximum atomic E-state index is 12.9. The molecule has 1 aliphatic carbocycles. The third kappa shape index (κ3) is 5.26. The Balaban J connectivity index is 1.46. The first kappa shape index (κ1) is 22.6. The van der Waals surface area contributed by atoms with Crippen LogP contribution < -0.4 is 10.0 Å². The molecule has 1 aromatic carbocycles. The first-order valence-electron chi connectivity index (χ1n) is 11.3. The summed E-state index contributed by atoms with van der Waals surface area (Å²) in [7, 11) is -3.67. The number of carbonyl (C=O) groups is 2. The van der Waals surface area contributed by atoms with E-state index in [9.17, 15) is 18.0 Å². The fraction of sp³-hybridized carbons (Fsp3) is 0.636. The monoisotopic (exact) mass is 465 g/mol. The molecule has 0 aromatic heterocycles. The van der Waals surface area contributed by atoms with Crippen molar-refractivity contribution in [3.05, 3.63) is 18.2 Å². The summed E-state index contributed by atoms with van der Waals surface area (Å²) in [5.74, 6) is 0.108. The summed E-state index contributed by atoms with van der Waals surface area (Å²) in [6, 6.07) is 4.71. The molecule has 0 radical (unpaired) electrons. The predicted octanol–water partition coefficient (Wildman–Crippen LogP) is 3.36. The topological polar surface area (TPSA) is 95.6 Å². The van der Waals surface area contributed by atoms with Crippen molar-refractivity contribution in [1.82, 2.24) is 9.62 Å². The number of rotatable bonds is 4. The first-order valence-corrected chi connectivity index (χ1v) is 13.6. The molecular formula is C22H31N3O4S2. The lowest BCUT2D eigenvalue weighted by Gasteiger charge is -2.29. The van der Waals surface area contributed by atoms with Crippen molar-refractivity contribution in [3.8, 4) is 0 Å². The number of carbonyl (C=O) groups excluding carboxylic acids is 2. The third-order valence-electron chi connectivity index (χ3n) is 6.48. The molecule has 1 atom stereocenters. The Morgan fingerprint density at radius 2 is 1.77 bits per heavy atom. The quantitative estimate of drug-likeness (QED) is 0.665. The highest BCUT2D eigenvalue weighted by atomic mass is 32.2. The molecule has 2 heterocycles. The average Bonchev–Trinajstić information content (AvgIpc) is 3.03. The number of fused-ring (bicyclic) bond motifs is 1. The molecule has 2 fully saturated rings. The SMILES string of the molecule is CC1CCC(NS(=O)(=O)c2ccc3c(c2)NC(=O)[C@H](C(=O)N2CCCCCC2)S3)CC1. The number of amides is 2. The largest absolute Gasteiger partial charge is 0.341 e. The molecule has 9 heteroatoms. The molecule has 3 aliphatic rings. The highest BCUT2D eigenvalue weighted by Crippen LogP contribution is 2.38. The molecule has 2 N–H and O–H groups in total. The van der Waals surface area contributed by atoms with Gasteiger partial charge in [-0.1, -0.05) is 19.8 Å². The normalized spacial score (nSPS) is 27.2. The average molecular weight is 466 g/mol. The Hall–Kier alpha value is -1.58. The molecule has 2 amide bonds. The maximum absolute atomic E-state index is 12.9. The number of likely N-dealkylation sites (tertiary alicyclic amines) is 1. The smallest absolute Gasteiger partial charge is 0.247 e. The van der Waals surface area contributed by atoms with Crippen molar-refractivity contribution >= 4 is 39.3 Å². The fourth-order valence-corrected chi connectivity index (χ4v) is 6.92. The predicted molar refractivity (Wildman–Crippen MR) is 122 cm³/mol. The second-order valence-corrected chi connectivity index (χ2v) is 11.8. The van der Waals surface area contributed by atoms with E-state index in [2.05, 4.69) is 17.0 Å².